The van der Waals surface area contributed by atoms with Crippen molar-refractivity contribution < 1.29 is 50.8 Å². The van der Waals surface area contributed by atoms with Crippen LogP contribution in [0.25, 0.3) is 0 Å². The van der Waals surface area contributed by atoms with Crippen molar-refractivity contribution in [3.05, 3.63) is 41.7 Å². The van der Waals surface area contributed by atoms with E-state index in [0.29, 0.717) is 18.2 Å². The van der Waals surface area contributed by atoms with Gasteiger partial charge in [-0.3, -0.25) is 0 Å². The second-order valence-electron chi connectivity index (χ2n) is 4.65. The van der Waals surface area contributed by atoms with Gasteiger partial charge < -0.3 is 19.7 Å². The van der Waals surface area contributed by atoms with Crippen LogP contribution in [0.2, 0.25) is 0 Å². The molecule has 0 aliphatic rings. The number of halogens is 6. The molecule has 2 rings (SSSR count). The van der Waals surface area contributed by atoms with Gasteiger partial charge in [0.1, 0.15) is 5.75 Å². The molecular weight excluding hydrogens is 376 g/mol. The van der Waals surface area contributed by atoms with Crippen molar-refractivity contribution in [2.45, 2.75) is 12.5 Å². The molecule has 0 aliphatic heterocycles. The fraction of sp³-hybridized carbons (Fsp3) is 0.143. The van der Waals surface area contributed by atoms with Crippen molar-refractivity contribution in [2.75, 3.05) is 0 Å². The Balaban J connectivity index is 2.39. The van der Waals surface area contributed by atoms with Crippen molar-refractivity contribution in [1.82, 2.24) is 4.98 Å². The van der Waals surface area contributed by atoms with Gasteiger partial charge in [0.2, 0.25) is 0 Å². The first-order chi connectivity index (χ1) is 11.9. The average Bonchev–Trinajstić information content (AvgIpc) is 2.47. The van der Waals surface area contributed by atoms with Crippen molar-refractivity contribution in [3.63, 3.8) is 0 Å². The molecule has 2 N–H and O–H groups in total. The van der Waals surface area contributed by atoms with Gasteiger partial charge in [-0.15, -0.1) is 13.2 Å². The summed E-state index contributed by atoms with van der Waals surface area (Å²) in [5, 5.41) is 18.6. The van der Waals surface area contributed by atoms with Crippen molar-refractivity contribution in [1.29, 1.82) is 0 Å². The first kappa shape index (κ1) is 19.1. The van der Waals surface area contributed by atoms with Gasteiger partial charge in [-0.1, -0.05) is 0 Å². The topological polar surface area (TPSA) is 88.9 Å². The van der Waals surface area contributed by atoms with E-state index in [1.807, 2.05) is 0 Å². The monoisotopic (exact) mass is 383 g/mol. The third kappa shape index (κ3) is 4.68. The summed E-state index contributed by atoms with van der Waals surface area (Å²) >= 11 is 0. The predicted octanol–water partition coefficient (Wildman–Crippen LogP) is 4.20. The lowest BCUT2D eigenvalue weighted by molar-refractivity contribution is -0.274. The highest BCUT2D eigenvalue weighted by molar-refractivity contribution is 5.88. The van der Waals surface area contributed by atoms with E-state index in [9.17, 15) is 36.2 Å². The molecule has 0 amide bonds. The minimum Gasteiger partial charge on any atom is -0.504 e. The number of rotatable bonds is 4. The number of benzene rings is 1. The van der Waals surface area contributed by atoms with Crippen LogP contribution in [-0.2, 0) is 6.18 Å². The largest absolute Gasteiger partial charge is 0.573 e. The van der Waals surface area contributed by atoms with Crippen LogP contribution in [0.3, 0.4) is 0 Å². The number of hydrogen-bond acceptors (Lipinski definition) is 5. The fourth-order valence-electron chi connectivity index (χ4n) is 1.74. The van der Waals surface area contributed by atoms with E-state index < -0.39 is 52.8 Å². The van der Waals surface area contributed by atoms with Gasteiger partial charge in [0.05, 0.1) is 5.56 Å². The molecule has 26 heavy (non-hydrogen) atoms. The van der Waals surface area contributed by atoms with Gasteiger partial charge in [-0.05, 0) is 18.2 Å². The van der Waals surface area contributed by atoms with Crippen molar-refractivity contribution in [3.8, 4) is 23.0 Å². The fourth-order valence-corrected chi connectivity index (χ4v) is 1.74. The minimum absolute atomic E-state index is 0.274. The highest BCUT2D eigenvalue weighted by Gasteiger charge is 2.33. The SMILES string of the molecule is O=C(O)c1ncc(C(F)(F)F)cc1Oc1ccc(OC(F)(F)F)cc1O. The summed E-state index contributed by atoms with van der Waals surface area (Å²) < 4.78 is 82.9. The molecule has 0 saturated heterocycles. The predicted molar refractivity (Wildman–Crippen MR) is 71.1 cm³/mol. The van der Waals surface area contributed by atoms with Crippen LogP contribution in [0.1, 0.15) is 16.1 Å². The zero-order valence-electron chi connectivity index (χ0n) is 12.2. The van der Waals surface area contributed by atoms with E-state index >= 15 is 0 Å². The molecule has 0 bridgehead atoms. The smallest absolute Gasteiger partial charge is 0.504 e. The Labute approximate surface area is 140 Å². The van der Waals surface area contributed by atoms with Crippen LogP contribution in [0, 0.1) is 0 Å². The number of phenols is 1. The van der Waals surface area contributed by atoms with Crippen molar-refractivity contribution in [2.24, 2.45) is 0 Å². The normalized spacial score (nSPS) is 11.9. The number of aromatic hydroxyl groups is 1. The van der Waals surface area contributed by atoms with Gasteiger partial charge in [0.15, 0.2) is 22.9 Å². The minimum atomic E-state index is -5.03. The molecule has 1 aromatic carbocycles. The summed E-state index contributed by atoms with van der Waals surface area (Å²) in [5.41, 5.74) is -2.22. The number of phenolic OH excluding ortho intramolecular Hbond substituents is 1. The Morgan fingerprint density at radius 3 is 2.19 bits per heavy atom. The maximum absolute atomic E-state index is 12.7. The zero-order valence-corrected chi connectivity index (χ0v) is 12.2. The molecular formula is C14H7F6NO5. The molecule has 0 aliphatic carbocycles. The van der Waals surface area contributed by atoms with E-state index in [4.69, 9.17) is 9.84 Å². The molecule has 140 valence electrons. The number of ether oxygens (including phenoxy) is 2. The molecule has 0 saturated carbocycles. The molecule has 6 nitrogen and oxygen atoms in total. The summed E-state index contributed by atoms with van der Waals surface area (Å²) in [4.78, 5) is 14.2. The summed E-state index contributed by atoms with van der Waals surface area (Å²) in [5.74, 6) is -4.94. The Morgan fingerprint density at radius 2 is 1.69 bits per heavy atom. The number of alkyl halides is 6. The number of pyridine rings is 1. The third-order valence-corrected chi connectivity index (χ3v) is 2.77. The second kappa shape index (κ2) is 6.61. The lowest BCUT2D eigenvalue weighted by Crippen LogP contribution is -2.17. The average molecular weight is 383 g/mol. The van der Waals surface area contributed by atoms with Crippen LogP contribution in [-0.4, -0.2) is 27.5 Å². The van der Waals surface area contributed by atoms with Gasteiger partial charge >= 0.3 is 18.5 Å². The van der Waals surface area contributed by atoms with Gasteiger partial charge in [0, 0.05) is 12.3 Å². The van der Waals surface area contributed by atoms with Crippen LogP contribution in [0.15, 0.2) is 30.5 Å². The molecule has 0 spiro atoms. The second-order valence-corrected chi connectivity index (χ2v) is 4.65. The molecule has 0 radical (unpaired) electrons. The third-order valence-electron chi connectivity index (χ3n) is 2.77. The van der Waals surface area contributed by atoms with E-state index in [2.05, 4.69) is 9.72 Å². The molecule has 0 atom stereocenters. The molecule has 1 heterocycles. The molecule has 2 aromatic rings. The van der Waals surface area contributed by atoms with E-state index in [1.54, 1.807) is 0 Å². The number of nitrogens with zero attached hydrogens (tertiary/aromatic N) is 1. The number of hydrogen-bond donors (Lipinski definition) is 2. The maximum atomic E-state index is 12.7. The summed E-state index contributed by atoms with van der Waals surface area (Å²) in [6.45, 7) is 0. The Kier molecular flexibility index (Phi) is 4.87. The highest BCUT2D eigenvalue weighted by Crippen LogP contribution is 2.38. The van der Waals surface area contributed by atoms with Gasteiger partial charge in [-0.25, -0.2) is 9.78 Å². The van der Waals surface area contributed by atoms with Gasteiger partial charge in [-0.2, -0.15) is 13.2 Å². The van der Waals surface area contributed by atoms with Crippen molar-refractivity contribution >= 4 is 5.97 Å². The highest BCUT2D eigenvalue weighted by atomic mass is 19.4. The van der Waals surface area contributed by atoms with E-state index in [-0.39, 0.29) is 6.20 Å². The van der Waals surface area contributed by atoms with E-state index in [1.165, 1.54) is 0 Å². The Hall–Kier alpha value is -3.18. The number of carboxylic acids is 1. The lowest BCUT2D eigenvalue weighted by Gasteiger charge is -2.14. The maximum Gasteiger partial charge on any atom is 0.573 e. The van der Waals surface area contributed by atoms with Gasteiger partial charge in [0.25, 0.3) is 0 Å². The van der Waals surface area contributed by atoms with Crippen LogP contribution in [0.4, 0.5) is 26.3 Å². The summed E-state index contributed by atoms with van der Waals surface area (Å²) in [6.07, 6.45) is -9.61. The Morgan fingerprint density at radius 1 is 1.04 bits per heavy atom. The number of aromatic nitrogens is 1. The number of carboxylic acid groups (broad SMARTS) is 1. The number of aromatic carboxylic acids is 1. The van der Waals surface area contributed by atoms with Crippen LogP contribution < -0.4 is 9.47 Å². The van der Waals surface area contributed by atoms with Crippen LogP contribution >= 0.6 is 0 Å². The molecule has 1 aromatic heterocycles. The first-order valence-corrected chi connectivity index (χ1v) is 6.44. The summed E-state index contributed by atoms with van der Waals surface area (Å²) in [7, 11) is 0. The first-order valence-electron chi connectivity index (χ1n) is 6.44. The zero-order chi connectivity index (χ0) is 19.7. The Bertz CT molecular complexity index is 834. The standard InChI is InChI=1S/C14H7F6NO5/c15-13(16,17)6-3-10(11(12(23)24)21-5-6)25-9-2-1-7(4-8(9)22)26-14(18,19)20/h1-5,22H,(H,23,24). The van der Waals surface area contributed by atoms with E-state index in [0.717, 1.165) is 6.07 Å². The quantitative estimate of drug-likeness (QED) is 0.770. The molecule has 0 fully saturated rings. The number of carbonyl (C=O) groups is 1. The molecule has 12 heteroatoms. The molecule has 0 unspecified atom stereocenters. The summed E-state index contributed by atoms with van der Waals surface area (Å²) in [6, 6.07) is 2.28. The lowest BCUT2D eigenvalue weighted by atomic mass is 10.2. The van der Waals surface area contributed by atoms with Crippen LogP contribution in [0.5, 0.6) is 23.0 Å².